The summed E-state index contributed by atoms with van der Waals surface area (Å²) in [5.74, 6) is 0.858. The molecule has 0 bridgehead atoms. The molecular weight excluding hydrogens is 384 g/mol. The van der Waals surface area contributed by atoms with Gasteiger partial charge in [0, 0.05) is 32.7 Å². The number of guanidine groups is 1. The van der Waals surface area contributed by atoms with Crippen LogP contribution in [0, 0.1) is 5.92 Å². The van der Waals surface area contributed by atoms with Crippen molar-refractivity contribution in [1.82, 2.24) is 9.80 Å². The van der Waals surface area contributed by atoms with Crippen molar-refractivity contribution < 1.29 is 19.7 Å². The molecule has 166 valence electrons. The van der Waals surface area contributed by atoms with Gasteiger partial charge in [0.1, 0.15) is 5.75 Å². The lowest BCUT2D eigenvalue weighted by Gasteiger charge is -2.37. The molecule has 8 nitrogen and oxygen atoms in total. The van der Waals surface area contributed by atoms with Gasteiger partial charge in [-0.05, 0) is 37.0 Å². The fraction of sp³-hybridized carbons (Fsp3) is 0.636. The summed E-state index contributed by atoms with van der Waals surface area (Å²) in [6.07, 6.45) is 4.66. The molecule has 2 atom stereocenters. The van der Waals surface area contributed by atoms with E-state index in [9.17, 15) is 15.0 Å². The fourth-order valence-electron chi connectivity index (χ4n) is 4.16. The van der Waals surface area contributed by atoms with Crippen LogP contribution >= 0.6 is 0 Å². The molecule has 2 unspecified atom stereocenters. The Morgan fingerprint density at radius 2 is 1.97 bits per heavy atom. The van der Waals surface area contributed by atoms with Crippen molar-refractivity contribution in [2.24, 2.45) is 10.9 Å². The van der Waals surface area contributed by atoms with Crippen molar-refractivity contribution in [3.63, 3.8) is 0 Å². The van der Waals surface area contributed by atoms with Gasteiger partial charge < -0.3 is 25.2 Å². The highest BCUT2D eigenvalue weighted by Gasteiger charge is 2.25. The number of methoxy groups -OCH3 is 1. The maximum Gasteiger partial charge on any atom is 0.337 e. The molecule has 1 aromatic carbocycles. The molecule has 2 fully saturated rings. The zero-order chi connectivity index (χ0) is 21.5. The number of aliphatic hydroxyl groups excluding tert-OH is 1. The van der Waals surface area contributed by atoms with E-state index in [1.54, 1.807) is 12.1 Å². The van der Waals surface area contributed by atoms with E-state index in [0.717, 1.165) is 38.6 Å². The largest absolute Gasteiger partial charge is 0.506 e. The molecular formula is C22H34N4O4. The van der Waals surface area contributed by atoms with Gasteiger partial charge in [0.15, 0.2) is 5.96 Å². The van der Waals surface area contributed by atoms with E-state index in [0.29, 0.717) is 23.7 Å². The van der Waals surface area contributed by atoms with Crippen LogP contribution in [0.15, 0.2) is 23.2 Å². The number of carbonyl (C=O) groups is 1. The van der Waals surface area contributed by atoms with Gasteiger partial charge in [-0.1, -0.05) is 19.8 Å². The minimum Gasteiger partial charge on any atom is -0.506 e. The zero-order valence-corrected chi connectivity index (χ0v) is 18.0. The number of esters is 1. The van der Waals surface area contributed by atoms with E-state index in [1.807, 2.05) is 0 Å². The van der Waals surface area contributed by atoms with Crippen molar-refractivity contribution >= 4 is 17.6 Å². The van der Waals surface area contributed by atoms with Crippen LogP contribution < -0.4 is 5.32 Å². The number of aliphatic hydroxyl groups is 1. The first-order chi connectivity index (χ1) is 14.5. The molecule has 3 N–H and O–H groups in total. The lowest BCUT2D eigenvalue weighted by molar-refractivity contribution is 0.0600. The number of hydrogen-bond donors (Lipinski definition) is 3. The Hall–Kier alpha value is -2.32. The number of β-amino-alcohol motifs (C(OH)–C–C–N with tert-alkyl or cyclic N) is 1. The average molecular weight is 419 g/mol. The zero-order valence-electron chi connectivity index (χ0n) is 18.0. The molecule has 1 aliphatic heterocycles. The molecule has 1 saturated carbocycles. The molecule has 3 rings (SSSR count). The van der Waals surface area contributed by atoms with E-state index < -0.39 is 5.97 Å². The SMILES string of the molecule is COC(=O)c1ccc(O)c(NC(=NC2CCCCC2C)N2CCN(CCO)CC2)c1. The predicted molar refractivity (Wildman–Crippen MR) is 117 cm³/mol. The Balaban J connectivity index is 1.84. The maximum absolute atomic E-state index is 11.9. The highest BCUT2D eigenvalue weighted by atomic mass is 16.5. The van der Waals surface area contributed by atoms with Gasteiger partial charge in [-0.25, -0.2) is 9.79 Å². The molecule has 0 radical (unpaired) electrons. The molecule has 0 spiro atoms. The molecule has 8 heteroatoms. The summed E-state index contributed by atoms with van der Waals surface area (Å²) in [5.41, 5.74) is 0.814. The molecule has 0 aromatic heterocycles. The lowest BCUT2D eigenvalue weighted by Crippen LogP contribution is -2.51. The molecule has 1 aromatic rings. The second kappa shape index (κ2) is 10.6. The molecule has 30 heavy (non-hydrogen) atoms. The van der Waals surface area contributed by atoms with Crippen LogP contribution in [-0.4, -0.2) is 84.4 Å². The Labute approximate surface area is 178 Å². The van der Waals surface area contributed by atoms with Gasteiger partial charge in [-0.15, -0.1) is 0 Å². The Morgan fingerprint density at radius 1 is 1.23 bits per heavy atom. The highest BCUT2D eigenvalue weighted by molar-refractivity contribution is 5.97. The number of nitrogens with one attached hydrogen (secondary N) is 1. The van der Waals surface area contributed by atoms with E-state index in [4.69, 9.17) is 9.73 Å². The third-order valence-electron chi connectivity index (χ3n) is 6.11. The standard InChI is InChI=1S/C22H34N4O4/c1-16-5-3-4-6-18(16)23-22(26-11-9-25(10-12-26)13-14-27)24-19-15-17(21(29)30-2)7-8-20(19)28/h7-8,15-16,18,27-28H,3-6,9-14H2,1-2H3,(H,23,24). The third-order valence-corrected chi connectivity index (χ3v) is 6.11. The van der Waals surface area contributed by atoms with Crippen LogP contribution in [-0.2, 0) is 4.74 Å². The number of anilines is 1. The smallest absolute Gasteiger partial charge is 0.337 e. The number of phenolic OH excluding ortho intramolecular Hbond substituents is 1. The lowest BCUT2D eigenvalue weighted by atomic mass is 9.86. The number of aliphatic imine (C=N–C) groups is 1. The van der Waals surface area contributed by atoms with Gasteiger partial charge in [0.25, 0.3) is 0 Å². The Morgan fingerprint density at radius 3 is 2.63 bits per heavy atom. The minimum atomic E-state index is -0.449. The van der Waals surface area contributed by atoms with E-state index in [2.05, 4.69) is 22.0 Å². The van der Waals surface area contributed by atoms with Crippen molar-refractivity contribution in [3.8, 4) is 5.75 Å². The second-order valence-electron chi connectivity index (χ2n) is 8.18. The summed E-state index contributed by atoms with van der Waals surface area (Å²) in [7, 11) is 1.34. The number of piperazine rings is 1. The first-order valence-corrected chi connectivity index (χ1v) is 10.9. The topological polar surface area (TPSA) is 97.6 Å². The summed E-state index contributed by atoms with van der Waals surface area (Å²) < 4.78 is 4.81. The van der Waals surface area contributed by atoms with E-state index in [-0.39, 0.29) is 18.4 Å². The van der Waals surface area contributed by atoms with Gasteiger partial charge in [-0.2, -0.15) is 0 Å². The molecule has 1 aliphatic carbocycles. The Kier molecular flexibility index (Phi) is 7.93. The van der Waals surface area contributed by atoms with Crippen molar-refractivity contribution in [3.05, 3.63) is 23.8 Å². The fourth-order valence-corrected chi connectivity index (χ4v) is 4.16. The molecule has 1 saturated heterocycles. The summed E-state index contributed by atoms with van der Waals surface area (Å²) in [6, 6.07) is 4.88. The second-order valence-corrected chi connectivity index (χ2v) is 8.18. The monoisotopic (exact) mass is 418 g/mol. The molecule has 1 heterocycles. The maximum atomic E-state index is 11.9. The van der Waals surface area contributed by atoms with Crippen LogP contribution in [0.1, 0.15) is 43.0 Å². The normalized spacial score (nSPS) is 23.3. The molecule has 2 aliphatic rings. The van der Waals surface area contributed by atoms with Crippen LogP contribution in [0.25, 0.3) is 0 Å². The third kappa shape index (κ3) is 5.64. The number of aromatic hydroxyl groups is 1. The Bertz CT molecular complexity index is 747. The van der Waals surface area contributed by atoms with E-state index >= 15 is 0 Å². The number of phenols is 1. The average Bonchev–Trinajstić information content (AvgIpc) is 2.76. The van der Waals surface area contributed by atoms with Gasteiger partial charge in [-0.3, -0.25) is 4.90 Å². The van der Waals surface area contributed by atoms with Gasteiger partial charge in [0.2, 0.25) is 0 Å². The van der Waals surface area contributed by atoms with Gasteiger partial charge >= 0.3 is 5.97 Å². The number of ether oxygens (including phenoxy) is 1. The van der Waals surface area contributed by atoms with Crippen molar-refractivity contribution in [2.75, 3.05) is 51.8 Å². The number of benzene rings is 1. The summed E-state index contributed by atoms with van der Waals surface area (Å²) in [6.45, 7) is 6.34. The quantitative estimate of drug-likeness (QED) is 0.292. The first kappa shape index (κ1) is 22.4. The highest BCUT2D eigenvalue weighted by Crippen LogP contribution is 2.28. The van der Waals surface area contributed by atoms with Crippen LogP contribution in [0.2, 0.25) is 0 Å². The number of carbonyl (C=O) groups excluding carboxylic acids is 1. The summed E-state index contributed by atoms with van der Waals surface area (Å²) in [5, 5.41) is 22.9. The van der Waals surface area contributed by atoms with Crippen LogP contribution in [0.4, 0.5) is 5.69 Å². The minimum absolute atomic E-state index is 0.0611. The van der Waals surface area contributed by atoms with Crippen molar-refractivity contribution in [2.45, 2.75) is 38.6 Å². The summed E-state index contributed by atoms with van der Waals surface area (Å²) >= 11 is 0. The first-order valence-electron chi connectivity index (χ1n) is 10.9. The van der Waals surface area contributed by atoms with Crippen LogP contribution in [0.3, 0.4) is 0 Å². The number of hydrogen-bond acceptors (Lipinski definition) is 6. The summed E-state index contributed by atoms with van der Waals surface area (Å²) in [4.78, 5) is 21.4. The molecule has 0 amide bonds. The predicted octanol–water partition coefficient (Wildman–Crippen LogP) is 2.14. The van der Waals surface area contributed by atoms with Gasteiger partial charge in [0.05, 0.1) is 31.0 Å². The van der Waals surface area contributed by atoms with E-state index in [1.165, 1.54) is 32.4 Å². The number of nitrogens with zero attached hydrogens (tertiary/aromatic N) is 3. The number of rotatable bonds is 5. The van der Waals surface area contributed by atoms with Crippen molar-refractivity contribution in [1.29, 1.82) is 0 Å². The van der Waals surface area contributed by atoms with Crippen LogP contribution in [0.5, 0.6) is 5.75 Å².